The number of rotatable bonds is 4. The molecule has 3 nitrogen and oxygen atoms in total. The average Bonchev–Trinajstić information content (AvgIpc) is 2.44. The zero-order chi connectivity index (χ0) is 14.5. The van der Waals surface area contributed by atoms with Crippen molar-refractivity contribution < 1.29 is 13.9 Å². The summed E-state index contributed by atoms with van der Waals surface area (Å²) >= 11 is 5.89. The summed E-state index contributed by atoms with van der Waals surface area (Å²) in [6.45, 7) is 0.425. The van der Waals surface area contributed by atoms with Crippen LogP contribution < -0.4 is 5.32 Å². The molecule has 0 bridgehead atoms. The van der Waals surface area contributed by atoms with Crippen LogP contribution in [-0.2, 0) is 11.3 Å². The van der Waals surface area contributed by atoms with E-state index in [1.54, 1.807) is 12.1 Å². The summed E-state index contributed by atoms with van der Waals surface area (Å²) in [6.07, 6.45) is 0. The normalized spacial score (nSPS) is 10.2. The van der Waals surface area contributed by atoms with Gasteiger partial charge in [0.15, 0.2) is 0 Å². The van der Waals surface area contributed by atoms with Crippen LogP contribution in [0.2, 0.25) is 5.02 Å². The maximum atomic E-state index is 13.3. The number of hydrogen-bond donors (Lipinski definition) is 1. The van der Waals surface area contributed by atoms with Gasteiger partial charge < -0.3 is 10.1 Å². The Hall–Kier alpha value is -2.07. The number of ether oxygens (including phenoxy) is 1. The van der Waals surface area contributed by atoms with Crippen molar-refractivity contribution >= 4 is 23.3 Å². The Bertz CT molecular complexity index is 631. The lowest BCUT2D eigenvalue weighted by molar-refractivity contribution is 0.0602. The van der Waals surface area contributed by atoms with E-state index < -0.39 is 11.8 Å². The first kappa shape index (κ1) is 14.3. The molecule has 20 heavy (non-hydrogen) atoms. The highest BCUT2D eigenvalue weighted by molar-refractivity contribution is 6.30. The van der Waals surface area contributed by atoms with Crippen LogP contribution in [0.3, 0.4) is 0 Å². The molecule has 0 spiro atoms. The summed E-state index contributed by atoms with van der Waals surface area (Å²) in [5.41, 5.74) is 1.60. The summed E-state index contributed by atoms with van der Waals surface area (Å²) < 4.78 is 18.0. The molecule has 5 heteroatoms. The van der Waals surface area contributed by atoms with Crippen molar-refractivity contribution in [1.82, 2.24) is 0 Å². The van der Waals surface area contributed by atoms with Crippen molar-refractivity contribution in [2.24, 2.45) is 0 Å². The third-order valence-corrected chi connectivity index (χ3v) is 2.99. The first-order valence-electron chi connectivity index (χ1n) is 5.96. The first-order chi connectivity index (χ1) is 9.60. The largest absolute Gasteiger partial charge is 0.465 e. The number of anilines is 1. The van der Waals surface area contributed by atoms with E-state index in [2.05, 4.69) is 10.1 Å². The summed E-state index contributed by atoms with van der Waals surface area (Å²) in [5, 5.41) is 3.64. The van der Waals surface area contributed by atoms with Crippen molar-refractivity contribution in [2.75, 3.05) is 12.4 Å². The van der Waals surface area contributed by atoms with Crippen molar-refractivity contribution in [3.8, 4) is 0 Å². The van der Waals surface area contributed by atoms with E-state index in [4.69, 9.17) is 11.6 Å². The molecule has 0 radical (unpaired) electrons. The van der Waals surface area contributed by atoms with E-state index in [1.165, 1.54) is 25.3 Å². The van der Waals surface area contributed by atoms with Crippen LogP contribution in [0, 0.1) is 5.82 Å². The molecule has 0 aliphatic carbocycles. The molecule has 0 fully saturated rings. The van der Waals surface area contributed by atoms with Gasteiger partial charge in [-0.05, 0) is 35.9 Å². The third kappa shape index (κ3) is 3.48. The lowest BCUT2D eigenvalue weighted by atomic mass is 10.1. The molecule has 0 atom stereocenters. The van der Waals surface area contributed by atoms with Gasteiger partial charge in [-0.15, -0.1) is 0 Å². The summed E-state index contributed by atoms with van der Waals surface area (Å²) in [7, 11) is 1.28. The van der Waals surface area contributed by atoms with Gasteiger partial charge in [-0.3, -0.25) is 0 Å². The molecule has 1 N–H and O–H groups in total. The molecule has 2 rings (SSSR count). The van der Waals surface area contributed by atoms with Gasteiger partial charge in [-0.1, -0.05) is 23.7 Å². The number of methoxy groups -OCH3 is 1. The Balaban J connectivity index is 2.20. The van der Waals surface area contributed by atoms with Gasteiger partial charge in [-0.2, -0.15) is 0 Å². The fourth-order valence-corrected chi connectivity index (χ4v) is 2.01. The van der Waals surface area contributed by atoms with E-state index >= 15 is 0 Å². The van der Waals surface area contributed by atoms with Crippen LogP contribution >= 0.6 is 11.6 Å². The van der Waals surface area contributed by atoms with Gasteiger partial charge in [-0.25, -0.2) is 9.18 Å². The minimum Gasteiger partial charge on any atom is -0.465 e. The molecule has 0 saturated heterocycles. The maximum absolute atomic E-state index is 13.3. The number of hydrogen-bond acceptors (Lipinski definition) is 3. The average molecular weight is 294 g/mol. The molecular formula is C15H13ClFNO2. The number of benzene rings is 2. The molecule has 104 valence electrons. The van der Waals surface area contributed by atoms with E-state index in [9.17, 15) is 9.18 Å². The van der Waals surface area contributed by atoms with Crippen LogP contribution in [0.5, 0.6) is 0 Å². The summed E-state index contributed by atoms with van der Waals surface area (Å²) in [5.74, 6) is -0.940. The van der Waals surface area contributed by atoms with E-state index in [1.807, 2.05) is 12.1 Å². The van der Waals surface area contributed by atoms with Crippen molar-refractivity contribution in [3.05, 3.63) is 64.4 Å². The highest BCUT2D eigenvalue weighted by atomic mass is 35.5. The van der Waals surface area contributed by atoms with Gasteiger partial charge in [0.2, 0.25) is 0 Å². The molecule has 0 amide bonds. The molecular weight excluding hydrogens is 281 g/mol. The van der Waals surface area contributed by atoms with Gasteiger partial charge in [0.25, 0.3) is 0 Å². The number of esters is 1. The Morgan fingerprint density at radius 3 is 2.80 bits per heavy atom. The predicted octanol–water partition coefficient (Wildman–Crippen LogP) is 3.88. The van der Waals surface area contributed by atoms with Crippen LogP contribution in [0.15, 0.2) is 42.5 Å². The fourth-order valence-electron chi connectivity index (χ4n) is 1.79. The second kappa shape index (κ2) is 6.39. The number of carbonyl (C=O) groups is 1. The Morgan fingerprint density at radius 1 is 1.30 bits per heavy atom. The van der Waals surface area contributed by atoms with E-state index in [0.717, 1.165) is 5.56 Å². The zero-order valence-electron chi connectivity index (χ0n) is 10.8. The molecule has 0 unspecified atom stereocenters. The molecule has 0 aromatic heterocycles. The van der Waals surface area contributed by atoms with Crippen molar-refractivity contribution in [1.29, 1.82) is 0 Å². The highest BCUT2D eigenvalue weighted by Crippen LogP contribution is 2.20. The SMILES string of the molecule is COC(=O)c1ccc(F)cc1NCc1cccc(Cl)c1. The van der Waals surface area contributed by atoms with Gasteiger partial charge in [0, 0.05) is 11.6 Å². The molecule has 0 aliphatic rings. The zero-order valence-corrected chi connectivity index (χ0v) is 11.6. The monoisotopic (exact) mass is 293 g/mol. The van der Waals surface area contributed by atoms with Gasteiger partial charge in [0.05, 0.1) is 18.4 Å². The molecule has 0 heterocycles. The van der Waals surface area contributed by atoms with Crippen molar-refractivity contribution in [2.45, 2.75) is 6.54 Å². The van der Waals surface area contributed by atoms with Crippen LogP contribution in [0.25, 0.3) is 0 Å². The second-order valence-corrected chi connectivity index (χ2v) is 4.60. The minimum absolute atomic E-state index is 0.288. The number of halogens is 2. The quantitative estimate of drug-likeness (QED) is 0.870. The second-order valence-electron chi connectivity index (χ2n) is 4.16. The topological polar surface area (TPSA) is 38.3 Å². The van der Waals surface area contributed by atoms with Crippen LogP contribution in [-0.4, -0.2) is 13.1 Å². The Kier molecular flexibility index (Phi) is 4.58. The number of nitrogens with one attached hydrogen (secondary N) is 1. The van der Waals surface area contributed by atoms with Gasteiger partial charge >= 0.3 is 5.97 Å². The first-order valence-corrected chi connectivity index (χ1v) is 6.34. The van der Waals surface area contributed by atoms with E-state index in [-0.39, 0.29) is 5.56 Å². The molecule has 2 aromatic rings. The lowest BCUT2D eigenvalue weighted by Crippen LogP contribution is -2.08. The van der Waals surface area contributed by atoms with Crippen LogP contribution in [0.4, 0.5) is 10.1 Å². The number of carbonyl (C=O) groups excluding carboxylic acids is 1. The van der Waals surface area contributed by atoms with Crippen molar-refractivity contribution in [3.63, 3.8) is 0 Å². The fraction of sp³-hybridized carbons (Fsp3) is 0.133. The maximum Gasteiger partial charge on any atom is 0.339 e. The summed E-state index contributed by atoms with van der Waals surface area (Å²) in [6, 6.07) is 11.1. The molecule has 0 aliphatic heterocycles. The lowest BCUT2D eigenvalue weighted by Gasteiger charge is -2.11. The smallest absolute Gasteiger partial charge is 0.339 e. The van der Waals surface area contributed by atoms with Gasteiger partial charge in [0.1, 0.15) is 5.82 Å². The predicted molar refractivity (Wildman–Crippen MR) is 76.5 cm³/mol. The molecule has 0 saturated carbocycles. The van der Waals surface area contributed by atoms with E-state index in [0.29, 0.717) is 17.3 Å². The van der Waals surface area contributed by atoms with Crippen LogP contribution in [0.1, 0.15) is 15.9 Å². The minimum atomic E-state index is -0.515. The molecule has 2 aromatic carbocycles. The third-order valence-electron chi connectivity index (χ3n) is 2.76. The highest BCUT2D eigenvalue weighted by Gasteiger charge is 2.12. The Morgan fingerprint density at radius 2 is 2.10 bits per heavy atom. The standard InChI is InChI=1S/C15H13ClFNO2/c1-20-15(19)13-6-5-12(17)8-14(13)18-9-10-3-2-4-11(16)7-10/h2-8,18H,9H2,1H3. The summed E-state index contributed by atoms with van der Waals surface area (Å²) in [4.78, 5) is 11.6. The Labute approximate surface area is 121 Å².